The zero-order valence-electron chi connectivity index (χ0n) is 10.6. The quantitative estimate of drug-likeness (QED) is 0.790. The second-order valence-corrected chi connectivity index (χ2v) is 4.38. The Kier molecular flexibility index (Phi) is 3.82. The number of benzene rings is 2. The van der Waals surface area contributed by atoms with Crippen LogP contribution in [0.2, 0.25) is 0 Å². The number of hydrogen-bond donors (Lipinski definition) is 3. The lowest BCUT2D eigenvalue weighted by Crippen LogP contribution is -2.15. The summed E-state index contributed by atoms with van der Waals surface area (Å²) < 4.78 is 0. The topological polar surface area (TPSA) is 75.3 Å². The summed E-state index contributed by atoms with van der Waals surface area (Å²) in [5, 5.41) is 12.2. The predicted molar refractivity (Wildman–Crippen MR) is 75.1 cm³/mol. The number of aromatic hydroxyl groups is 1. The van der Waals surface area contributed by atoms with E-state index in [0.717, 1.165) is 5.56 Å². The van der Waals surface area contributed by atoms with Crippen molar-refractivity contribution in [2.75, 3.05) is 5.32 Å². The summed E-state index contributed by atoms with van der Waals surface area (Å²) in [6, 6.07) is 13.4. The van der Waals surface area contributed by atoms with E-state index < -0.39 is 0 Å². The van der Waals surface area contributed by atoms with Crippen LogP contribution < -0.4 is 11.1 Å². The highest BCUT2D eigenvalue weighted by molar-refractivity contribution is 6.04. The van der Waals surface area contributed by atoms with Crippen LogP contribution in [0.3, 0.4) is 0 Å². The highest BCUT2D eigenvalue weighted by Crippen LogP contribution is 2.22. The van der Waals surface area contributed by atoms with Crippen molar-refractivity contribution in [1.29, 1.82) is 0 Å². The predicted octanol–water partition coefficient (Wildman–Crippen LogP) is 2.66. The van der Waals surface area contributed by atoms with Gasteiger partial charge in [-0.2, -0.15) is 0 Å². The molecule has 4 heteroatoms. The molecule has 0 aliphatic rings. The molecule has 1 atom stereocenters. The van der Waals surface area contributed by atoms with E-state index in [1.807, 2.05) is 25.1 Å². The fraction of sp³-hybridized carbons (Fsp3) is 0.133. The van der Waals surface area contributed by atoms with Crippen molar-refractivity contribution < 1.29 is 9.90 Å². The van der Waals surface area contributed by atoms with Crippen LogP contribution in [0.5, 0.6) is 5.75 Å². The zero-order valence-corrected chi connectivity index (χ0v) is 10.6. The van der Waals surface area contributed by atoms with Gasteiger partial charge >= 0.3 is 0 Å². The first-order valence-electron chi connectivity index (χ1n) is 6.03. The van der Waals surface area contributed by atoms with Gasteiger partial charge in [0, 0.05) is 17.3 Å². The smallest absolute Gasteiger partial charge is 0.255 e. The molecule has 98 valence electrons. The Labute approximate surface area is 111 Å². The fourth-order valence-corrected chi connectivity index (χ4v) is 1.85. The number of para-hydroxylation sites is 1. The summed E-state index contributed by atoms with van der Waals surface area (Å²) in [5.74, 6) is -0.211. The van der Waals surface area contributed by atoms with Crippen LogP contribution in [0, 0.1) is 0 Å². The molecule has 0 heterocycles. The van der Waals surface area contributed by atoms with Crippen LogP contribution in [-0.4, -0.2) is 11.0 Å². The van der Waals surface area contributed by atoms with Gasteiger partial charge in [-0.15, -0.1) is 0 Å². The highest BCUT2D eigenvalue weighted by Gasteiger charge is 2.11. The van der Waals surface area contributed by atoms with E-state index in [2.05, 4.69) is 5.32 Å². The van der Waals surface area contributed by atoms with Crippen LogP contribution in [0.15, 0.2) is 48.5 Å². The molecule has 0 saturated heterocycles. The maximum atomic E-state index is 12.1. The molecule has 0 aliphatic carbocycles. The van der Waals surface area contributed by atoms with E-state index in [-0.39, 0.29) is 17.7 Å². The maximum Gasteiger partial charge on any atom is 0.255 e. The second kappa shape index (κ2) is 5.54. The number of nitrogens with two attached hydrogens (primary N) is 1. The normalized spacial score (nSPS) is 11.9. The van der Waals surface area contributed by atoms with E-state index in [4.69, 9.17) is 5.73 Å². The molecule has 4 N–H and O–H groups in total. The van der Waals surface area contributed by atoms with Crippen molar-refractivity contribution >= 4 is 11.6 Å². The van der Waals surface area contributed by atoms with Crippen LogP contribution in [0.1, 0.15) is 28.9 Å². The molecule has 1 amide bonds. The molecular formula is C15H16N2O2. The molecule has 0 aliphatic heterocycles. The minimum Gasteiger partial charge on any atom is -0.508 e. The van der Waals surface area contributed by atoms with Crippen LogP contribution >= 0.6 is 0 Å². The number of anilines is 1. The summed E-state index contributed by atoms with van der Waals surface area (Å²) in [4.78, 5) is 12.1. The number of hydrogen-bond acceptors (Lipinski definition) is 3. The van der Waals surface area contributed by atoms with Gasteiger partial charge in [0.15, 0.2) is 0 Å². The Hall–Kier alpha value is -2.33. The Balaban J connectivity index is 2.24. The average Bonchev–Trinajstić information content (AvgIpc) is 2.39. The summed E-state index contributed by atoms with van der Waals surface area (Å²) in [6.07, 6.45) is 0. The first-order valence-corrected chi connectivity index (χ1v) is 6.03. The third kappa shape index (κ3) is 3.11. The minimum atomic E-state index is -0.274. The van der Waals surface area contributed by atoms with Crippen LogP contribution in [0.25, 0.3) is 0 Å². The van der Waals surface area contributed by atoms with Gasteiger partial charge in [0.05, 0.1) is 0 Å². The number of phenolic OH excluding ortho intramolecular Hbond substituents is 1. The molecule has 19 heavy (non-hydrogen) atoms. The van der Waals surface area contributed by atoms with E-state index in [0.29, 0.717) is 11.3 Å². The summed E-state index contributed by atoms with van der Waals surface area (Å²) >= 11 is 0. The second-order valence-electron chi connectivity index (χ2n) is 4.38. The molecule has 2 aromatic carbocycles. The van der Waals surface area contributed by atoms with Gasteiger partial charge in [0.1, 0.15) is 5.75 Å². The largest absolute Gasteiger partial charge is 0.508 e. The fourth-order valence-electron chi connectivity index (χ4n) is 1.85. The average molecular weight is 256 g/mol. The molecule has 0 bridgehead atoms. The standard InChI is InChI=1S/C15H16N2O2/c1-10(16)13-7-2-3-8-14(13)17-15(19)11-5-4-6-12(18)9-11/h2-10,18H,16H2,1H3,(H,17,19). The lowest BCUT2D eigenvalue weighted by molar-refractivity contribution is 0.102. The van der Waals surface area contributed by atoms with Gasteiger partial charge in [0.25, 0.3) is 5.91 Å². The van der Waals surface area contributed by atoms with Crippen molar-refractivity contribution in [3.05, 3.63) is 59.7 Å². The van der Waals surface area contributed by atoms with Crippen molar-refractivity contribution in [3.8, 4) is 5.75 Å². The van der Waals surface area contributed by atoms with E-state index in [1.54, 1.807) is 18.2 Å². The highest BCUT2D eigenvalue weighted by atomic mass is 16.3. The molecule has 0 aromatic heterocycles. The van der Waals surface area contributed by atoms with Gasteiger partial charge in [-0.3, -0.25) is 4.79 Å². The first-order chi connectivity index (χ1) is 9.08. The number of amides is 1. The summed E-state index contributed by atoms with van der Waals surface area (Å²) in [7, 11) is 0. The van der Waals surface area contributed by atoms with Crippen molar-refractivity contribution in [2.24, 2.45) is 5.73 Å². The third-order valence-electron chi connectivity index (χ3n) is 2.81. The molecule has 2 rings (SSSR count). The molecule has 4 nitrogen and oxygen atoms in total. The molecule has 2 aromatic rings. The van der Waals surface area contributed by atoms with Crippen LogP contribution in [0.4, 0.5) is 5.69 Å². The van der Waals surface area contributed by atoms with Gasteiger partial charge in [-0.1, -0.05) is 24.3 Å². The SMILES string of the molecule is CC(N)c1ccccc1NC(=O)c1cccc(O)c1. The number of carbonyl (C=O) groups excluding carboxylic acids is 1. The molecule has 1 unspecified atom stereocenters. The third-order valence-corrected chi connectivity index (χ3v) is 2.81. The van der Waals surface area contributed by atoms with E-state index in [1.165, 1.54) is 12.1 Å². The van der Waals surface area contributed by atoms with E-state index in [9.17, 15) is 9.90 Å². The Morgan fingerprint density at radius 2 is 1.95 bits per heavy atom. The van der Waals surface area contributed by atoms with Crippen LogP contribution in [-0.2, 0) is 0 Å². The number of rotatable bonds is 3. The Morgan fingerprint density at radius 1 is 1.21 bits per heavy atom. The van der Waals surface area contributed by atoms with Crippen molar-refractivity contribution in [2.45, 2.75) is 13.0 Å². The molecule has 0 radical (unpaired) electrons. The lowest BCUT2D eigenvalue weighted by Gasteiger charge is -2.13. The van der Waals surface area contributed by atoms with Gasteiger partial charge in [-0.05, 0) is 36.8 Å². The van der Waals surface area contributed by atoms with Crippen molar-refractivity contribution in [3.63, 3.8) is 0 Å². The molecular weight excluding hydrogens is 240 g/mol. The molecule has 0 fully saturated rings. The molecule has 0 saturated carbocycles. The maximum absolute atomic E-state index is 12.1. The lowest BCUT2D eigenvalue weighted by atomic mass is 10.1. The monoisotopic (exact) mass is 256 g/mol. The van der Waals surface area contributed by atoms with Gasteiger partial charge < -0.3 is 16.2 Å². The Bertz CT molecular complexity index is 594. The number of phenols is 1. The Morgan fingerprint density at radius 3 is 2.63 bits per heavy atom. The van der Waals surface area contributed by atoms with Crippen molar-refractivity contribution in [1.82, 2.24) is 0 Å². The van der Waals surface area contributed by atoms with Gasteiger partial charge in [0.2, 0.25) is 0 Å². The van der Waals surface area contributed by atoms with Gasteiger partial charge in [-0.25, -0.2) is 0 Å². The first kappa shape index (κ1) is 13.1. The zero-order chi connectivity index (χ0) is 13.8. The minimum absolute atomic E-state index is 0.0631. The number of carbonyl (C=O) groups is 1. The van der Waals surface area contributed by atoms with E-state index >= 15 is 0 Å². The summed E-state index contributed by atoms with van der Waals surface area (Å²) in [6.45, 7) is 1.86. The summed E-state index contributed by atoms with van der Waals surface area (Å²) in [5.41, 5.74) is 7.82. The number of nitrogens with one attached hydrogen (secondary N) is 1. The molecule has 0 spiro atoms.